The van der Waals surface area contributed by atoms with Crippen LogP contribution in [0.1, 0.15) is 29.0 Å². The van der Waals surface area contributed by atoms with Crippen molar-refractivity contribution < 1.29 is 18.7 Å². The number of rotatable bonds is 2. The van der Waals surface area contributed by atoms with E-state index in [9.17, 15) is 9.18 Å². The first-order valence-electron chi connectivity index (χ1n) is 9.22. The molecule has 2 aromatic carbocycles. The molecule has 3 aromatic rings. The minimum absolute atomic E-state index is 0.0947. The number of anilines is 1. The first kappa shape index (κ1) is 18.1. The number of carbonyl (C=O) groups is 1. The van der Waals surface area contributed by atoms with E-state index in [1.54, 1.807) is 28.6 Å². The van der Waals surface area contributed by atoms with E-state index in [4.69, 9.17) is 9.47 Å². The van der Waals surface area contributed by atoms with Crippen molar-refractivity contribution in [1.29, 1.82) is 0 Å². The molecule has 0 saturated carbocycles. The second-order valence-corrected chi connectivity index (χ2v) is 8.45. The van der Waals surface area contributed by atoms with Gasteiger partial charge in [0.15, 0.2) is 11.5 Å². The summed E-state index contributed by atoms with van der Waals surface area (Å²) in [6.07, 6.45) is 0. The minimum atomic E-state index is -0.324. The summed E-state index contributed by atoms with van der Waals surface area (Å²) >= 11 is 1.56. The molecule has 3 heterocycles. The van der Waals surface area contributed by atoms with Crippen molar-refractivity contribution in [2.75, 3.05) is 12.1 Å². The maximum absolute atomic E-state index is 13.4. The standard InChI is InChI=1S/C21H18FN3O3S/c1-11-18-19(13-3-8-16-17(9-13)28-10-27-16)29-12(2)21(26)23-20(18)25(24-11)15-6-4-14(22)5-7-15/h3-9,12,19H,10H2,1-2H3,(H,23,26)/t12-,19+/m0/s1. The van der Waals surface area contributed by atoms with Crippen molar-refractivity contribution >= 4 is 23.5 Å². The maximum Gasteiger partial charge on any atom is 0.238 e. The zero-order valence-corrected chi connectivity index (χ0v) is 16.6. The van der Waals surface area contributed by atoms with Crippen molar-refractivity contribution in [3.63, 3.8) is 0 Å². The number of nitrogens with zero attached hydrogens (tertiary/aromatic N) is 2. The summed E-state index contributed by atoms with van der Waals surface area (Å²) in [5, 5.41) is 7.28. The highest BCUT2D eigenvalue weighted by Gasteiger charge is 2.34. The van der Waals surface area contributed by atoms with Gasteiger partial charge in [0, 0.05) is 5.56 Å². The zero-order chi connectivity index (χ0) is 20.1. The van der Waals surface area contributed by atoms with Gasteiger partial charge in [-0.3, -0.25) is 4.79 Å². The first-order valence-corrected chi connectivity index (χ1v) is 10.2. The lowest BCUT2D eigenvalue weighted by atomic mass is 10.0. The number of fused-ring (bicyclic) bond motifs is 2. The predicted octanol–water partition coefficient (Wildman–Crippen LogP) is 4.21. The summed E-state index contributed by atoms with van der Waals surface area (Å²) in [6.45, 7) is 4.01. The summed E-state index contributed by atoms with van der Waals surface area (Å²) < 4.78 is 26.0. The third-order valence-electron chi connectivity index (χ3n) is 5.09. The molecule has 2 aliphatic heterocycles. The van der Waals surface area contributed by atoms with Gasteiger partial charge in [-0.1, -0.05) is 6.07 Å². The highest BCUT2D eigenvalue weighted by Crippen LogP contribution is 2.48. The second-order valence-electron chi connectivity index (χ2n) is 7.00. The number of thioether (sulfide) groups is 1. The Hall–Kier alpha value is -3.00. The number of nitrogens with one attached hydrogen (secondary N) is 1. The molecule has 0 unspecified atom stereocenters. The Bertz CT molecular complexity index is 1110. The van der Waals surface area contributed by atoms with Gasteiger partial charge in [-0.05, 0) is 55.8 Å². The quantitative estimate of drug-likeness (QED) is 0.684. The molecule has 148 valence electrons. The predicted molar refractivity (Wildman–Crippen MR) is 108 cm³/mol. The number of aryl methyl sites for hydroxylation is 1. The van der Waals surface area contributed by atoms with Crippen LogP contribution in [0.3, 0.4) is 0 Å². The molecule has 0 saturated heterocycles. The largest absolute Gasteiger partial charge is 0.454 e. The van der Waals surface area contributed by atoms with Gasteiger partial charge in [-0.15, -0.1) is 11.8 Å². The topological polar surface area (TPSA) is 65.4 Å². The normalized spacial score (nSPS) is 20.2. The van der Waals surface area contributed by atoms with Crippen LogP contribution in [0.2, 0.25) is 0 Å². The summed E-state index contributed by atoms with van der Waals surface area (Å²) in [5.41, 5.74) is 3.41. The summed E-state index contributed by atoms with van der Waals surface area (Å²) in [4.78, 5) is 12.7. The van der Waals surface area contributed by atoms with Crippen LogP contribution in [0, 0.1) is 12.7 Å². The van der Waals surface area contributed by atoms with E-state index in [1.165, 1.54) is 12.1 Å². The minimum Gasteiger partial charge on any atom is -0.454 e. The van der Waals surface area contributed by atoms with Crippen LogP contribution in [0.4, 0.5) is 10.2 Å². The van der Waals surface area contributed by atoms with E-state index in [2.05, 4.69) is 10.4 Å². The fourth-order valence-corrected chi connectivity index (χ4v) is 4.93. The molecule has 0 aliphatic carbocycles. The van der Waals surface area contributed by atoms with Gasteiger partial charge >= 0.3 is 0 Å². The SMILES string of the molecule is Cc1nn(-c2ccc(F)cc2)c2c1[C@@H](c1ccc3c(c1)OCO3)S[C@@H](C)C(=O)N2. The van der Waals surface area contributed by atoms with Gasteiger partial charge in [0.05, 0.1) is 21.9 Å². The Kier molecular flexibility index (Phi) is 4.24. The maximum atomic E-state index is 13.4. The number of amides is 1. The number of hydrogen-bond acceptors (Lipinski definition) is 5. The van der Waals surface area contributed by atoms with Crippen LogP contribution in [-0.2, 0) is 4.79 Å². The van der Waals surface area contributed by atoms with Crippen molar-refractivity contribution in [1.82, 2.24) is 9.78 Å². The number of ether oxygens (including phenoxy) is 2. The fraction of sp³-hybridized carbons (Fsp3) is 0.238. The molecule has 2 atom stereocenters. The third kappa shape index (κ3) is 3.04. The van der Waals surface area contributed by atoms with E-state index < -0.39 is 0 Å². The molecule has 0 spiro atoms. The Labute approximate surface area is 171 Å². The molecule has 1 N–H and O–H groups in total. The van der Waals surface area contributed by atoms with Crippen LogP contribution in [0.5, 0.6) is 11.5 Å². The molecule has 5 rings (SSSR count). The summed E-state index contributed by atoms with van der Waals surface area (Å²) in [6, 6.07) is 11.9. The van der Waals surface area contributed by atoms with Gasteiger partial charge in [0.1, 0.15) is 11.6 Å². The van der Waals surface area contributed by atoms with Gasteiger partial charge in [0.25, 0.3) is 0 Å². The Morgan fingerprint density at radius 1 is 1.17 bits per heavy atom. The molecule has 0 bridgehead atoms. The van der Waals surface area contributed by atoms with Gasteiger partial charge in [0.2, 0.25) is 12.7 Å². The van der Waals surface area contributed by atoms with Crippen molar-refractivity contribution in [3.8, 4) is 17.2 Å². The van der Waals surface area contributed by atoms with E-state index >= 15 is 0 Å². The van der Waals surface area contributed by atoms with E-state index in [0.717, 1.165) is 16.8 Å². The molecule has 2 aliphatic rings. The van der Waals surface area contributed by atoms with Gasteiger partial charge in [-0.25, -0.2) is 9.07 Å². The lowest BCUT2D eigenvalue weighted by Crippen LogP contribution is -2.22. The number of hydrogen-bond donors (Lipinski definition) is 1. The summed E-state index contributed by atoms with van der Waals surface area (Å²) in [5.74, 6) is 1.61. The molecule has 6 nitrogen and oxygen atoms in total. The zero-order valence-electron chi connectivity index (χ0n) is 15.8. The average Bonchev–Trinajstić information content (AvgIpc) is 3.27. The van der Waals surface area contributed by atoms with Crippen LogP contribution >= 0.6 is 11.8 Å². The lowest BCUT2D eigenvalue weighted by Gasteiger charge is -2.17. The van der Waals surface area contributed by atoms with Crippen LogP contribution in [0.15, 0.2) is 42.5 Å². The molecule has 1 aromatic heterocycles. The molecular weight excluding hydrogens is 393 g/mol. The van der Waals surface area contributed by atoms with Crippen LogP contribution < -0.4 is 14.8 Å². The monoisotopic (exact) mass is 411 g/mol. The van der Waals surface area contributed by atoms with Gasteiger partial charge in [-0.2, -0.15) is 5.10 Å². The average molecular weight is 411 g/mol. The van der Waals surface area contributed by atoms with Crippen molar-refractivity contribution in [2.24, 2.45) is 0 Å². The van der Waals surface area contributed by atoms with Crippen molar-refractivity contribution in [3.05, 3.63) is 65.1 Å². The Morgan fingerprint density at radius 2 is 1.93 bits per heavy atom. The molecule has 0 fully saturated rings. The van der Waals surface area contributed by atoms with E-state index in [-0.39, 0.29) is 29.0 Å². The van der Waals surface area contributed by atoms with E-state index in [0.29, 0.717) is 23.0 Å². The first-order chi connectivity index (χ1) is 14.0. The number of halogens is 1. The van der Waals surface area contributed by atoms with Crippen molar-refractivity contribution in [2.45, 2.75) is 24.3 Å². The second kappa shape index (κ2) is 6.81. The van der Waals surface area contributed by atoms with Crippen LogP contribution in [-0.4, -0.2) is 27.7 Å². The van der Waals surface area contributed by atoms with Gasteiger partial charge < -0.3 is 14.8 Å². The highest BCUT2D eigenvalue weighted by molar-refractivity contribution is 8.01. The number of benzene rings is 2. The Balaban J connectivity index is 1.67. The lowest BCUT2D eigenvalue weighted by molar-refractivity contribution is -0.115. The smallest absolute Gasteiger partial charge is 0.238 e. The highest BCUT2D eigenvalue weighted by atomic mass is 32.2. The van der Waals surface area contributed by atoms with Crippen LogP contribution in [0.25, 0.3) is 5.69 Å². The molecule has 1 amide bonds. The van der Waals surface area contributed by atoms with E-state index in [1.807, 2.05) is 32.0 Å². The number of aromatic nitrogens is 2. The molecule has 0 radical (unpaired) electrons. The molecule has 29 heavy (non-hydrogen) atoms. The molecule has 8 heteroatoms. The fourth-order valence-electron chi connectivity index (χ4n) is 3.62. The summed E-state index contributed by atoms with van der Waals surface area (Å²) in [7, 11) is 0. The Morgan fingerprint density at radius 3 is 2.72 bits per heavy atom. The molecular formula is C21H18FN3O3S. The third-order valence-corrected chi connectivity index (χ3v) is 6.49. The number of carbonyl (C=O) groups excluding carboxylic acids is 1.